The average Bonchev–Trinajstić information content (AvgIpc) is 2.61. The fourth-order valence-corrected chi connectivity index (χ4v) is 4.53. The number of aromatic nitrogens is 2. The number of H-pyrrole nitrogens is 1. The minimum absolute atomic E-state index is 0.504. The van der Waals surface area contributed by atoms with E-state index in [9.17, 15) is 14.4 Å². The number of hydrogen-bond acceptors (Lipinski definition) is 3. The highest BCUT2D eigenvalue weighted by Crippen LogP contribution is 2.38. The predicted molar refractivity (Wildman–Crippen MR) is 107 cm³/mol. The number of nitrogens with two attached hydrogens (primary N) is 1. The lowest BCUT2D eigenvalue weighted by Gasteiger charge is -2.32. The van der Waals surface area contributed by atoms with Gasteiger partial charge in [-0.15, -0.1) is 0 Å². The number of benzene rings is 2. The second kappa shape index (κ2) is 6.49. The molecule has 138 valence electrons. The van der Waals surface area contributed by atoms with Gasteiger partial charge < -0.3 is 10.7 Å². The third-order valence-corrected chi connectivity index (χ3v) is 5.68. The summed E-state index contributed by atoms with van der Waals surface area (Å²) in [4.78, 5) is 40.0. The largest absolute Gasteiger partial charge is 0.369 e. The molecule has 27 heavy (non-hydrogen) atoms. The Morgan fingerprint density at radius 2 is 1.96 bits per heavy atom. The highest BCUT2D eigenvalue weighted by molar-refractivity contribution is 9.10. The minimum Gasteiger partial charge on any atom is -0.369 e. The van der Waals surface area contributed by atoms with Crippen molar-refractivity contribution in [2.75, 3.05) is 0 Å². The van der Waals surface area contributed by atoms with E-state index >= 15 is 0 Å². The van der Waals surface area contributed by atoms with Gasteiger partial charge in [0.05, 0.1) is 23.0 Å². The molecule has 0 saturated carbocycles. The van der Waals surface area contributed by atoms with Crippen LogP contribution < -0.4 is 16.9 Å². The van der Waals surface area contributed by atoms with E-state index in [1.165, 1.54) is 4.57 Å². The highest BCUT2D eigenvalue weighted by Gasteiger charge is 2.34. The van der Waals surface area contributed by atoms with Crippen LogP contribution in [0.5, 0.6) is 0 Å². The fourth-order valence-electron chi connectivity index (χ4n) is 4.03. The molecule has 6 nitrogen and oxygen atoms in total. The molecule has 4 rings (SSSR count). The molecule has 3 aromatic rings. The number of aryl methyl sites for hydroxylation is 2. The van der Waals surface area contributed by atoms with Crippen LogP contribution in [-0.4, -0.2) is 15.5 Å². The van der Waals surface area contributed by atoms with Crippen molar-refractivity contribution in [3.05, 3.63) is 78.3 Å². The normalized spacial score (nSPS) is 17.0. The standard InChI is InChI=1S/C20H18BrN3O3/c1-10-2-4-11(5-3-10)16(18(22)25)15-7-6-12-8-13(21)9-14-17(12)24(15)20(27)19(26)23-14/h2-5,8-9,15-16H,6-7H2,1H3,(H2,22,25)(H,23,26). The molecular weight excluding hydrogens is 410 g/mol. The molecule has 0 spiro atoms. The first kappa shape index (κ1) is 17.7. The Bertz CT molecular complexity index is 1180. The minimum atomic E-state index is -0.703. The van der Waals surface area contributed by atoms with Crippen LogP contribution >= 0.6 is 15.9 Å². The fraction of sp³-hybridized carbons (Fsp3) is 0.250. The molecule has 2 aromatic carbocycles. The van der Waals surface area contributed by atoms with Crippen molar-refractivity contribution in [1.29, 1.82) is 0 Å². The van der Waals surface area contributed by atoms with Gasteiger partial charge in [0.15, 0.2) is 0 Å². The molecule has 0 saturated heterocycles. The summed E-state index contributed by atoms with van der Waals surface area (Å²) in [7, 11) is 0. The summed E-state index contributed by atoms with van der Waals surface area (Å²) < 4.78 is 2.30. The number of halogens is 1. The smallest absolute Gasteiger partial charge is 0.317 e. The summed E-state index contributed by atoms with van der Waals surface area (Å²) in [5.41, 5.74) is 8.39. The van der Waals surface area contributed by atoms with E-state index in [1.807, 2.05) is 37.3 Å². The van der Waals surface area contributed by atoms with Crippen molar-refractivity contribution in [2.45, 2.75) is 31.7 Å². The number of aromatic amines is 1. The monoisotopic (exact) mass is 427 g/mol. The molecule has 0 aliphatic carbocycles. The van der Waals surface area contributed by atoms with Crippen LogP contribution in [0.15, 0.2) is 50.5 Å². The van der Waals surface area contributed by atoms with Crippen LogP contribution in [0.2, 0.25) is 0 Å². The third-order valence-electron chi connectivity index (χ3n) is 5.22. The van der Waals surface area contributed by atoms with Gasteiger partial charge in [0.2, 0.25) is 5.91 Å². The maximum Gasteiger partial charge on any atom is 0.317 e. The van der Waals surface area contributed by atoms with Gasteiger partial charge in [0.25, 0.3) is 0 Å². The van der Waals surface area contributed by atoms with E-state index in [0.29, 0.717) is 23.9 Å². The number of carbonyl (C=O) groups is 1. The molecule has 0 bridgehead atoms. The van der Waals surface area contributed by atoms with Gasteiger partial charge in [0.1, 0.15) is 0 Å². The van der Waals surface area contributed by atoms with Crippen molar-refractivity contribution in [2.24, 2.45) is 5.73 Å². The molecule has 2 unspecified atom stereocenters. The summed E-state index contributed by atoms with van der Waals surface area (Å²) in [6.07, 6.45) is 1.23. The second-order valence-electron chi connectivity index (χ2n) is 6.99. The zero-order valence-electron chi connectivity index (χ0n) is 14.7. The van der Waals surface area contributed by atoms with E-state index in [-0.39, 0.29) is 0 Å². The molecule has 2 heterocycles. The molecule has 2 atom stereocenters. The highest BCUT2D eigenvalue weighted by atomic mass is 79.9. The Labute approximate surface area is 163 Å². The molecule has 1 aromatic heterocycles. The second-order valence-corrected chi connectivity index (χ2v) is 7.90. The van der Waals surface area contributed by atoms with Crippen LogP contribution in [0.4, 0.5) is 0 Å². The lowest BCUT2D eigenvalue weighted by molar-refractivity contribution is -0.120. The molecule has 0 radical (unpaired) electrons. The van der Waals surface area contributed by atoms with Crippen LogP contribution in [0.1, 0.15) is 35.1 Å². The molecule has 1 aliphatic heterocycles. The van der Waals surface area contributed by atoms with Gasteiger partial charge in [-0.25, -0.2) is 0 Å². The van der Waals surface area contributed by atoms with Crippen molar-refractivity contribution in [3.63, 3.8) is 0 Å². The third kappa shape index (κ3) is 2.92. The van der Waals surface area contributed by atoms with E-state index < -0.39 is 29.0 Å². The summed E-state index contributed by atoms with van der Waals surface area (Å²) in [6, 6.07) is 10.7. The first-order valence-corrected chi connectivity index (χ1v) is 9.49. The van der Waals surface area contributed by atoms with E-state index in [0.717, 1.165) is 21.2 Å². The number of carbonyl (C=O) groups excluding carboxylic acids is 1. The first-order chi connectivity index (χ1) is 12.9. The average molecular weight is 428 g/mol. The van der Waals surface area contributed by atoms with Gasteiger partial charge in [-0.1, -0.05) is 45.8 Å². The Kier molecular flexibility index (Phi) is 4.26. The van der Waals surface area contributed by atoms with Crippen LogP contribution in [0.3, 0.4) is 0 Å². The molecular formula is C20H18BrN3O3. The van der Waals surface area contributed by atoms with Crippen LogP contribution in [0, 0.1) is 6.92 Å². The Hall–Kier alpha value is -2.67. The molecule has 1 amide bonds. The van der Waals surface area contributed by atoms with Crippen LogP contribution in [-0.2, 0) is 11.2 Å². The van der Waals surface area contributed by atoms with Gasteiger partial charge >= 0.3 is 11.1 Å². The zero-order valence-corrected chi connectivity index (χ0v) is 16.2. The number of nitrogens with one attached hydrogen (secondary N) is 1. The molecule has 3 N–H and O–H groups in total. The summed E-state index contributed by atoms with van der Waals surface area (Å²) in [5, 5.41) is 0. The number of nitrogens with zero attached hydrogens (tertiary/aromatic N) is 1. The number of rotatable bonds is 3. The summed E-state index contributed by atoms with van der Waals surface area (Å²) in [5.74, 6) is -1.20. The quantitative estimate of drug-likeness (QED) is 0.628. The number of amides is 1. The SMILES string of the molecule is Cc1ccc(C(C(N)=O)C2CCc3cc(Br)cc4[nH]c(=O)c(=O)n2c34)cc1. The van der Waals surface area contributed by atoms with Crippen molar-refractivity contribution in [1.82, 2.24) is 9.55 Å². The molecule has 1 aliphatic rings. The molecule has 7 heteroatoms. The zero-order chi connectivity index (χ0) is 19.3. The summed E-state index contributed by atoms with van der Waals surface area (Å²) >= 11 is 3.44. The predicted octanol–water partition coefficient (Wildman–Crippen LogP) is 2.52. The first-order valence-electron chi connectivity index (χ1n) is 8.69. The van der Waals surface area contributed by atoms with Gasteiger partial charge in [-0.3, -0.25) is 19.0 Å². The Morgan fingerprint density at radius 3 is 2.63 bits per heavy atom. The van der Waals surface area contributed by atoms with E-state index in [4.69, 9.17) is 5.73 Å². The number of hydrogen-bond donors (Lipinski definition) is 2. The topological polar surface area (TPSA) is 98.0 Å². The van der Waals surface area contributed by atoms with Crippen molar-refractivity contribution in [3.8, 4) is 0 Å². The van der Waals surface area contributed by atoms with E-state index in [2.05, 4.69) is 20.9 Å². The van der Waals surface area contributed by atoms with Gasteiger partial charge in [-0.2, -0.15) is 0 Å². The van der Waals surface area contributed by atoms with Crippen molar-refractivity contribution >= 4 is 32.9 Å². The van der Waals surface area contributed by atoms with E-state index in [1.54, 1.807) is 6.07 Å². The maximum absolute atomic E-state index is 12.8. The summed E-state index contributed by atoms with van der Waals surface area (Å²) in [6.45, 7) is 1.96. The Morgan fingerprint density at radius 1 is 1.26 bits per heavy atom. The number of primary amides is 1. The molecule has 0 fully saturated rings. The van der Waals surface area contributed by atoms with Gasteiger partial charge in [0, 0.05) is 4.47 Å². The lowest BCUT2D eigenvalue weighted by Crippen LogP contribution is -2.43. The van der Waals surface area contributed by atoms with Gasteiger partial charge in [-0.05, 0) is 43.0 Å². The maximum atomic E-state index is 12.8. The lowest BCUT2D eigenvalue weighted by atomic mass is 9.84. The Balaban J connectivity index is 2.00. The van der Waals surface area contributed by atoms with Crippen molar-refractivity contribution < 1.29 is 4.79 Å². The van der Waals surface area contributed by atoms with Crippen LogP contribution in [0.25, 0.3) is 11.0 Å².